The van der Waals surface area contributed by atoms with Crippen molar-refractivity contribution in [3.63, 3.8) is 0 Å². The zero-order chi connectivity index (χ0) is 17.4. The molecule has 2 fully saturated rings. The molecular weight excluding hydrogens is 341 g/mol. The molecule has 132 valence electrons. The highest BCUT2D eigenvalue weighted by Crippen LogP contribution is 2.44. The SMILES string of the molecule is Nn1c(SCC(=O)NC(C2CC2)C2CC2)nnc1-c1ccc(F)cc1. The Bertz CT molecular complexity index is 758. The minimum Gasteiger partial charge on any atom is -0.352 e. The third-order valence-corrected chi connectivity index (χ3v) is 5.63. The number of hydrogen-bond donors (Lipinski definition) is 2. The van der Waals surface area contributed by atoms with Crippen LogP contribution in [0.3, 0.4) is 0 Å². The first-order valence-electron chi connectivity index (χ1n) is 8.50. The van der Waals surface area contributed by atoms with Crippen molar-refractivity contribution in [3.8, 4) is 11.4 Å². The second-order valence-electron chi connectivity index (χ2n) is 6.74. The van der Waals surface area contributed by atoms with Gasteiger partial charge in [-0.3, -0.25) is 4.79 Å². The highest BCUT2D eigenvalue weighted by Gasteiger charge is 2.42. The van der Waals surface area contributed by atoms with Crippen molar-refractivity contribution in [2.45, 2.75) is 36.9 Å². The number of nitrogens with one attached hydrogen (secondary N) is 1. The Morgan fingerprint density at radius 1 is 1.24 bits per heavy atom. The van der Waals surface area contributed by atoms with Gasteiger partial charge in [-0.05, 0) is 61.8 Å². The number of halogens is 1. The Morgan fingerprint density at radius 2 is 1.88 bits per heavy atom. The minimum absolute atomic E-state index is 0.0140. The van der Waals surface area contributed by atoms with Crippen LogP contribution >= 0.6 is 11.8 Å². The lowest BCUT2D eigenvalue weighted by molar-refractivity contribution is -0.119. The monoisotopic (exact) mass is 361 g/mol. The van der Waals surface area contributed by atoms with Crippen molar-refractivity contribution in [2.75, 3.05) is 11.6 Å². The summed E-state index contributed by atoms with van der Waals surface area (Å²) < 4.78 is 14.4. The molecule has 25 heavy (non-hydrogen) atoms. The first-order chi connectivity index (χ1) is 12.1. The summed E-state index contributed by atoms with van der Waals surface area (Å²) in [5.41, 5.74) is 0.676. The standard InChI is InChI=1S/C17H20FN5OS/c18-13-7-5-12(6-8-13)16-21-22-17(23(16)19)25-9-14(24)20-15(10-1-2-10)11-3-4-11/h5-8,10-11,15H,1-4,9,19H2,(H,20,24). The molecule has 2 aliphatic rings. The molecular formula is C17H20FN5OS. The quantitative estimate of drug-likeness (QED) is 0.583. The van der Waals surface area contributed by atoms with Gasteiger partial charge in [0.1, 0.15) is 5.82 Å². The molecule has 0 unspecified atom stereocenters. The molecule has 2 saturated carbocycles. The fourth-order valence-electron chi connectivity index (χ4n) is 3.06. The fourth-order valence-corrected chi connectivity index (χ4v) is 3.73. The summed E-state index contributed by atoms with van der Waals surface area (Å²) in [5, 5.41) is 11.7. The van der Waals surface area contributed by atoms with E-state index in [1.54, 1.807) is 12.1 Å². The van der Waals surface area contributed by atoms with E-state index in [4.69, 9.17) is 5.84 Å². The molecule has 1 aromatic heterocycles. The zero-order valence-electron chi connectivity index (χ0n) is 13.7. The molecule has 4 rings (SSSR count). The van der Waals surface area contributed by atoms with Crippen molar-refractivity contribution in [3.05, 3.63) is 30.1 Å². The van der Waals surface area contributed by atoms with Crippen LogP contribution in [0.5, 0.6) is 0 Å². The molecule has 1 aromatic carbocycles. The number of rotatable bonds is 7. The van der Waals surface area contributed by atoms with E-state index in [0.29, 0.717) is 34.4 Å². The van der Waals surface area contributed by atoms with Gasteiger partial charge in [-0.1, -0.05) is 11.8 Å². The number of nitrogens with two attached hydrogens (primary N) is 1. The predicted molar refractivity (Wildman–Crippen MR) is 93.7 cm³/mol. The van der Waals surface area contributed by atoms with Gasteiger partial charge in [-0.2, -0.15) is 0 Å². The van der Waals surface area contributed by atoms with Gasteiger partial charge < -0.3 is 11.2 Å². The van der Waals surface area contributed by atoms with Crippen LogP contribution in [0.4, 0.5) is 4.39 Å². The highest BCUT2D eigenvalue weighted by atomic mass is 32.2. The van der Waals surface area contributed by atoms with E-state index in [1.807, 2.05) is 0 Å². The molecule has 6 nitrogen and oxygen atoms in total. The lowest BCUT2D eigenvalue weighted by Crippen LogP contribution is -2.39. The molecule has 2 aromatic rings. The van der Waals surface area contributed by atoms with Gasteiger partial charge in [-0.15, -0.1) is 10.2 Å². The second-order valence-corrected chi connectivity index (χ2v) is 7.68. The maximum Gasteiger partial charge on any atom is 0.230 e. The van der Waals surface area contributed by atoms with Gasteiger partial charge in [0.2, 0.25) is 11.1 Å². The number of carbonyl (C=O) groups is 1. The highest BCUT2D eigenvalue weighted by molar-refractivity contribution is 7.99. The maximum atomic E-state index is 13.0. The predicted octanol–water partition coefficient (Wildman–Crippen LogP) is 2.19. The largest absolute Gasteiger partial charge is 0.352 e. The van der Waals surface area contributed by atoms with E-state index < -0.39 is 0 Å². The van der Waals surface area contributed by atoms with Crippen LogP contribution in [-0.4, -0.2) is 32.6 Å². The van der Waals surface area contributed by atoms with Crippen LogP contribution < -0.4 is 11.2 Å². The topological polar surface area (TPSA) is 85.8 Å². The fraction of sp³-hybridized carbons (Fsp3) is 0.471. The van der Waals surface area contributed by atoms with Crippen LogP contribution in [0.2, 0.25) is 0 Å². The summed E-state index contributed by atoms with van der Waals surface area (Å²) in [6.45, 7) is 0. The van der Waals surface area contributed by atoms with E-state index in [9.17, 15) is 9.18 Å². The number of amides is 1. The number of carbonyl (C=O) groups excluding carboxylic acids is 1. The molecule has 0 atom stereocenters. The molecule has 0 bridgehead atoms. The van der Waals surface area contributed by atoms with E-state index in [2.05, 4.69) is 15.5 Å². The van der Waals surface area contributed by atoms with Gasteiger partial charge in [-0.25, -0.2) is 9.07 Å². The molecule has 2 aliphatic carbocycles. The first-order valence-corrected chi connectivity index (χ1v) is 9.49. The summed E-state index contributed by atoms with van der Waals surface area (Å²) in [7, 11) is 0. The second kappa shape index (κ2) is 6.67. The van der Waals surface area contributed by atoms with E-state index in [-0.39, 0.29) is 17.5 Å². The smallest absolute Gasteiger partial charge is 0.230 e. The third kappa shape index (κ3) is 3.78. The Labute approximate surface area is 149 Å². The number of aromatic nitrogens is 3. The Hall–Kier alpha value is -2.09. The zero-order valence-corrected chi connectivity index (χ0v) is 14.5. The number of benzene rings is 1. The summed E-state index contributed by atoms with van der Waals surface area (Å²) in [5.74, 6) is 7.76. The third-order valence-electron chi connectivity index (χ3n) is 4.69. The van der Waals surface area contributed by atoms with E-state index in [0.717, 1.165) is 0 Å². The molecule has 0 radical (unpaired) electrons. The van der Waals surface area contributed by atoms with Gasteiger partial charge >= 0.3 is 0 Å². The van der Waals surface area contributed by atoms with E-state index in [1.165, 1.54) is 54.3 Å². The Morgan fingerprint density at radius 3 is 2.48 bits per heavy atom. The summed E-state index contributed by atoms with van der Waals surface area (Å²) in [6.07, 6.45) is 4.92. The average Bonchev–Trinajstić information content (AvgIpc) is 3.51. The van der Waals surface area contributed by atoms with Crippen LogP contribution in [0.15, 0.2) is 29.4 Å². The average molecular weight is 361 g/mol. The Balaban J connectivity index is 1.36. The number of hydrogen-bond acceptors (Lipinski definition) is 5. The summed E-state index contributed by atoms with van der Waals surface area (Å²) >= 11 is 1.26. The van der Waals surface area contributed by atoms with Gasteiger partial charge in [0.25, 0.3) is 0 Å². The first kappa shape index (κ1) is 16.4. The molecule has 0 spiro atoms. The lowest BCUT2D eigenvalue weighted by atomic mass is 10.1. The van der Waals surface area contributed by atoms with Crippen LogP contribution in [0.25, 0.3) is 11.4 Å². The summed E-state index contributed by atoms with van der Waals surface area (Å²) in [4.78, 5) is 12.2. The molecule has 1 heterocycles. The Kier molecular flexibility index (Phi) is 4.37. The lowest BCUT2D eigenvalue weighted by Gasteiger charge is -2.17. The number of nitrogens with zero attached hydrogens (tertiary/aromatic N) is 3. The number of nitrogen functional groups attached to an aromatic ring is 1. The van der Waals surface area contributed by atoms with Crippen LogP contribution in [0.1, 0.15) is 25.7 Å². The van der Waals surface area contributed by atoms with Crippen molar-refractivity contribution >= 4 is 17.7 Å². The van der Waals surface area contributed by atoms with Gasteiger partial charge in [0.15, 0.2) is 5.82 Å². The van der Waals surface area contributed by atoms with Crippen molar-refractivity contribution in [2.24, 2.45) is 11.8 Å². The minimum atomic E-state index is -0.320. The molecule has 1 amide bonds. The number of thioether (sulfide) groups is 1. The molecule has 0 aliphatic heterocycles. The van der Waals surface area contributed by atoms with Crippen molar-refractivity contribution < 1.29 is 9.18 Å². The summed E-state index contributed by atoms with van der Waals surface area (Å²) in [6, 6.07) is 6.23. The maximum absolute atomic E-state index is 13.0. The normalized spacial score (nSPS) is 17.0. The van der Waals surface area contributed by atoms with Crippen LogP contribution in [0, 0.1) is 17.7 Å². The molecule has 3 N–H and O–H groups in total. The molecule has 8 heteroatoms. The van der Waals surface area contributed by atoms with Crippen molar-refractivity contribution in [1.29, 1.82) is 0 Å². The van der Waals surface area contributed by atoms with Crippen molar-refractivity contribution in [1.82, 2.24) is 20.2 Å². The van der Waals surface area contributed by atoms with Gasteiger partial charge in [0, 0.05) is 11.6 Å². The van der Waals surface area contributed by atoms with Gasteiger partial charge in [0.05, 0.1) is 5.75 Å². The van der Waals surface area contributed by atoms with Crippen LogP contribution in [-0.2, 0) is 4.79 Å². The van der Waals surface area contributed by atoms with E-state index >= 15 is 0 Å². The molecule has 0 saturated heterocycles.